The van der Waals surface area contributed by atoms with Gasteiger partial charge in [-0.3, -0.25) is 4.90 Å². The highest BCUT2D eigenvalue weighted by atomic mass is 28.5. The standard InChI is InChI=1S/C15H38N2O6Si2/c1-9-11-13-17(12-10-2)15(14-16,24(18-3,19-4)20-5)25(21-6,22-7)23-8/h9-14,16H2,1-8H3. The zero-order valence-electron chi connectivity index (χ0n) is 17.2. The average molecular weight is 399 g/mol. The van der Waals surface area contributed by atoms with Crippen LogP contribution in [0.5, 0.6) is 0 Å². The Bertz CT molecular complexity index is 320. The van der Waals surface area contributed by atoms with Gasteiger partial charge in [-0.1, -0.05) is 20.3 Å². The van der Waals surface area contributed by atoms with Crippen LogP contribution in [-0.2, 0) is 26.6 Å². The average Bonchev–Trinajstić information content (AvgIpc) is 2.66. The molecule has 0 saturated carbocycles. The Hall–Kier alpha value is 0.114. The molecule has 0 atom stereocenters. The minimum Gasteiger partial charge on any atom is -0.376 e. The third-order valence-electron chi connectivity index (χ3n) is 4.74. The van der Waals surface area contributed by atoms with Gasteiger partial charge in [0.05, 0.1) is 0 Å². The maximum atomic E-state index is 6.38. The maximum Gasteiger partial charge on any atom is 0.527 e. The van der Waals surface area contributed by atoms with Crippen LogP contribution in [-0.4, -0.2) is 89.6 Å². The highest BCUT2D eigenvalue weighted by molar-refractivity contribution is 6.85. The topological polar surface area (TPSA) is 84.6 Å². The first kappa shape index (κ1) is 25.1. The van der Waals surface area contributed by atoms with Crippen molar-refractivity contribution < 1.29 is 26.6 Å². The van der Waals surface area contributed by atoms with Gasteiger partial charge in [-0.05, 0) is 25.9 Å². The minimum atomic E-state index is -3.36. The highest BCUT2D eigenvalue weighted by Crippen LogP contribution is 2.39. The Labute approximate surface area is 155 Å². The normalized spacial score (nSPS) is 13.7. The monoisotopic (exact) mass is 398 g/mol. The number of nitrogens with two attached hydrogens (primary N) is 1. The van der Waals surface area contributed by atoms with Crippen LogP contribution >= 0.6 is 0 Å². The van der Waals surface area contributed by atoms with Gasteiger partial charge in [-0.2, -0.15) is 0 Å². The highest BCUT2D eigenvalue weighted by Gasteiger charge is 2.78. The van der Waals surface area contributed by atoms with Crippen LogP contribution in [0.15, 0.2) is 0 Å². The summed E-state index contributed by atoms with van der Waals surface area (Å²) in [5.74, 6) is 0. The molecule has 0 saturated heterocycles. The maximum absolute atomic E-state index is 6.38. The van der Waals surface area contributed by atoms with Crippen molar-refractivity contribution in [3.63, 3.8) is 0 Å². The predicted octanol–water partition coefficient (Wildman–Crippen LogP) is 1.03. The van der Waals surface area contributed by atoms with Crippen LogP contribution in [0.25, 0.3) is 0 Å². The second-order valence-corrected chi connectivity index (χ2v) is 12.6. The Morgan fingerprint density at radius 1 is 0.720 bits per heavy atom. The molecule has 2 N–H and O–H groups in total. The smallest absolute Gasteiger partial charge is 0.376 e. The lowest BCUT2D eigenvalue weighted by molar-refractivity contribution is 0.00191. The van der Waals surface area contributed by atoms with Gasteiger partial charge in [0.15, 0.2) is 4.79 Å². The molecule has 0 unspecified atom stereocenters. The molecule has 0 aromatic rings. The van der Waals surface area contributed by atoms with Crippen molar-refractivity contribution in [2.24, 2.45) is 5.73 Å². The molecule has 0 aliphatic heterocycles. The molecular weight excluding hydrogens is 360 g/mol. The van der Waals surface area contributed by atoms with Crippen molar-refractivity contribution in [2.75, 3.05) is 62.3 Å². The number of hydrogen-bond donors (Lipinski definition) is 1. The summed E-state index contributed by atoms with van der Waals surface area (Å²) in [6, 6.07) is 0. The molecular formula is C15H38N2O6Si2. The van der Waals surface area contributed by atoms with Crippen LogP contribution < -0.4 is 5.73 Å². The lowest BCUT2D eigenvalue weighted by Gasteiger charge is -2.54. The molecule has 0 aliphatic rings. The second kappa shape index (κ2) is 11.7. The molecule has 10 heteroatoms. The van der Waals surface area contributed by atoms with Gasteiger partial charge in [0.25, 0.3) is 0 Å². The van der Waals surface area contributed by atoms with Crippen LogP contribution in [0.3, 0.4) is 0 Å². The zero-order chi connectivity index (χ0) is 19.6. The van der Waals surface area contributed by atoms with Gasteiger partial charge in [0, 0.05) is 49.2 Å². The van der Waals surface area contributed by atoms with Gasteiger partial charge >= 0.3 is 17.6 Å². The van der Waals surface area contributed by atoms with E-state index >= 15 is 0 Å². The van der Waals surface area contributed by atoms with E-state index in [0.717, 1.165) is 32.4 Å². The fourth-order valence-corrected chi connectivity index (χ4v) is 11.7. The summed E-state index contributed by atoms with van der Waals surface area (Å²) in [6.07, 6.45) is 2.96. The fraction of sp³-hybridized carbons (Fsp3) is 1.00. The molecule has 0 rings (SSSR count). The quantitative estimate of drug-likeness (QED) is 0.410. The van der Waals surface area contributed by atoms with Crippen LogP contribution in [0.2, 0.25) is 0 Å². The molecule has 152 valence electrons. The number of rotatable bonds is 15. The van der Waals surface area contributed by atoms with Crippen LogP contribution in [0.1, 0.15) is 33.1 Å². The Balaban J connectivity index is 6.68. The fourth-order valence-electron chi connectivity index (χ4n) is 3.58. The Morgan fingerprint density at radius 2 is 1.12 bits per heavy atom. The molecule has 0 bridgehead atoms. The molecule has 0 heterocycles. The molecule has 0 aromatic carbocycles. The lowest BCUT2D eigenvalue weighted by atomic mass is 10.3. The van der Waals surface area contributed by atoms with E-state index in [9.17, 15) is 0 Å². The van der Waals surface area contributed by atoms with E-state index in [-0.39, 0.29) is 6.54 Å². The van der Waals surface area contributed by atoms with Crippen molar-refractivity contribution in [1.82, 2.24) is 4.90 Å². The van der Waals surface area contributed by atoms with Gasteiger partial charge in [0.2, 0.25) is 0 Å². The number of unbranched alkanes of at least 4 members (excludes halogenated alkanes) is 1. The summed E-state index contributed by atoms with van der Waals surface area (Å²) < 4.78 is 35.3. The van der Waals surface area contributed by atoms with E-state index in [2.05, 4.69) is 18.7 Å². The van der Waals surface area contributed by atoms with Crippen molar-refractivity contribution in [3.05, 3.63) is 0 Å². The van der Waals surface area contributed by atoms with Gasteiger partial charge in [-0.15, -0.1) is 0 Å². The van der Waals surface area contributed by atoms with E-state index < -0.39 is 22.4 Å². The van der Waals surface area contributed by atoms with E-state index in [0.29, 0.717) is 0 Å². The van der Waals surface area contributed by atoms with Gasteiger partial charge in [0.1, 0.15) is 0 Å². The first-order valence-corrected chi connectivity index (χ1v) is 12.2. The molecule has 0 amide bonds. The van der Waals surface area contributed by atoms with Crippen LogP contribution in [0.4, 0.5) is 0 Å². The summed E-state index contributed by atoms with van der Waals surface area (Å²) in [5.41, 5.74) is 6.38. The molecule has 25 heavy (non-hydrogen) atoms. The first-order valence-electron chi connectivity index (χ1n) is 8.71. The van der Waals surface area contributed by atoms with E-state index in [4.69, 9.17) is 32.3 Å². The number of nitrogens with zero attached hydrogens (tertiary/aromatic N) is 1. The molecule has 0 aromatic heterocycles. The van der Waals surface area contributed by atoms with E-state index in [1.54, 1.807) is 42.7 Å². The van der Waals surface area contributed by atoms with E-state index in [1.165, 1.54) is 0 Å². The van der Waals surface area contributed by atoms with Crippen molar-refractivity contribution in [1.29, 1.82) is 0 Å². The van der Waals surface area contributed by atoms with Crippen LogP contribution in [0, 0.1) is 0 Å². The Kier molecular flexibility index (Phi) is 11.8. The van der Waals surface area contributed by atoms with Crippen molar-refractivity contribution >= 4 is 17.6 Å². The third-order valence-corrected chi connectivity index (χ3v) is 12.9. The van der Waals surface area contributed by atoms with Crippen molar-refractivity contribution in [3.8, 4) is 0 Å². The third kappa shape index (κ3) is 4.34. The summed E-state index contributed by atoms with van der Waals surface area (Å²) >= 11 is 0. The SMILES string of the molecule is CCCCN(CCC)C(CN)([Si](OC)(OC)OC)[Si](OC)(OC)OC. The lowest BCUT2D eigenvalue weighted by Crippen LogP contribution is -2.87. The number of hydrogen-bond acceptors (Lipinski definition) is 8. The Morgan fingerprint density at radius 3 is 1.36 bits per heavy atom. The zero-order valence-corrected chi connectivity index (χ0v) is 19.2. The summed E-state index contributed by atoms with van der Waals surface area (Å²) in [7, 11) is 2.75. The van der Waals surface area contributed by atoms with Gasteiger partial charge in [-0.25, -0.2) is 0 Å². The first-order chi connectivity index (χ1) is 11.9. The minimum absolute atomic E-state index is 0.167. The molecule has 8 nitrogen and oxygen atoms in total. The molecule has 0 radical (unpaired) electrons. The predicted molar refractivity (Wildman–Crippen MR) is 102 cm³/mol. The summed E-state index contributed by atoms with van der Waals surface area (Å²) in [6.45, 7) is 5.99. The van der Waals surface area contributed by atoms with Gasteiger partial charge < -0.3 is 32.3 Å². The molecule has 0 spiro atoms. The summed E-state index contributed by atoms with van der Waals surface area (Å²) in [5, 5.41) is 0. The van der Waals surface area contributed by atoms with Crippen molar-refractivity contribution in [2.45, 2.75) is 37.9 Å². The molecule has 0 aliphatic carbocycles. The van der Waals surface area contributed by atoms with E-state index in [1.807, 2.05) is 0 Å². The molecule has 0 fully saturated rings. The largest absolute Gasteiger partial charge is 0.527 e. The summed E-state index contributed by atoms with van der Waals surface area (Å²) in [4.78, 5) is 1.28. The second-order valence-electron chi connectivity index (χ2n) is 5.74.